The zero-order valence-electron chi connectivity index (χ0n) is 9.48. The van der Waals surface area contributed by atoms with E-state index in [1.54, 1.807) is 18.2 Å². The van der Waals surface area contributed by atoms with Gasteiger partial charge in [0, 0.05) is 5.56 Å². The molecular weight excluding hydrogens is 261 g/mol. The van der Waals surface area contributed by atoms with Gasteiger partial charge in [-0.25, -0.2) is 0 Å². The van der Waals surface area contributed by atoms with Gasteiger partial charge in [-0.2, -0.15) is 9.78 Å². The number of halogens is 3. The lowest BCUT2D eigenvalue weighted by molar-refractivity contribution is -0.210. The summed E-state index contributed by atoms with van der Waals surface area (Å²) in [5.41, 5.74) is 10.1. The summed E-state index contributed by atoms with van der Waals surface area (Å²) in [5, 5.41) is 3.34. The molecule has 2 aromatic rings. The number of amides is 1. The Morgan fingerprint density at radius 1 is 1.21 bits per heavy atom. The third kappa shape index (κ3) is 2.24. The van der Waals surface area contributed by atoms with E-state index >= 15 is 0 Å². The van der Waals surface area contributed by atoms with Gasteiger partial charge in [-0.1, -0.05) is 30.3 Å². The van der Waals surface area contributed by atoms with Crippen LogP contribution in [-0.4, -0.2) is 15.7 Å². The molecule has 0 bridgehead atoms. The Balaban J connectivity index is 2.71. The largest absolute Gasteiger partial charge is 0.506 e. The highest BCUT2D eigenvalue weighted by molar-refractivity contribution is 6.03. The molecule has 100 valence electrons. The van der Waals surface area contributed by atoms with E-state index in [0.717, 1.165) is 0 Å². The predicted molar refractivity (Wildman–Crippen MR) is 61.9 cm³/mol. The van der Waals surface area contributed by atoms with Crippen LogP contribution in [0.3, 0.4) is 0 Å². The smallest absolute Gasteiger partial charge is 0.383 e. The maximum atomic E-state index is 12.7. The van der Waals surface area contributed by atoms with Gasteiger partial charge in [0.25, 0.3) is 5.91 Å². The number of carbonyl (C=O) groups is 1. The van der Waals surface area contributed by atoms with E-state index in [9.17, 15) is 18.0 Å². The van der Waals surface area contributed by atoms with Gasteiger partial charge in [0.1, 0.15) is 17.1 Å². The Kier molecular flexibility index (Phi) is 2.93. The van der Waals surface area contributed by atoms with E-state index in [1.807, 2.05) is 0 Å². The number of alkyl halides is 3. The van der Waals surface area contributed by atoms with Crippen LogP contribution in [0.2, 0.25) is 0 Å². The third-order valence-electron chi connectivity index (χ3n) is 2.45. The van der Waals surface area contributed by atoms with Crippen molar-refractivity contribution in [2.75, 3.05) is 5.73 Å². The first-order chi connectivity index (χ1) is 8.82. The lowest BCUT2D eigenvalue weighted by Gasteiger charge is -2.07. The highest BCUT2D eigenvalue weighted by atomic mass is 19.4. The number of benzene rings is 1. The first kappa shape index (κ1) is 12.9. The summed E-state index contributed by atoms with van der Waals surface area (Å²) in [6, 6.07) is 7.90. The van der Waals surface area contributed by atoms with Crippen LogP contribution in [0.4, 0.5) is 19.0 Å². The molecule has 0 aliphatic heterocycles. The lowest BCUT2D eigenvalue weighted by atomic mass is 10.1. The topological polar surface area (TPSA) is 86.9 Å². The van der Waals surface area contributed by atoms with Gasteiger partial charge in [-0.05, 0) is 0 Å². The van der Waals surface area contributed by atoms with E-state index in [2.05, 4.69) is 5.10 Å². The molecular formula is C11H9F3N4O. The van der Waals surface area contributed by atoms with Gasteiger partial charge in [-0.15, -0.1) is 13.2 Å². The fourth-order valence-electron chi connectivity index (χ4n) is 1.67. The molecule has 0 unspecified atom stereocenters. The molecule has 1 aromatic heterocycles. The SMILES string of the molecule is NC(=O)c1c(-c2ccccc2)nn(C(F)(F)F)c1N. The van der Waals surface area contributed by atoms with E-state index < -0.39 is 23.6 Å². The number of hydrogen-bond donors (Lipinski definition) is 2. The van der Waals surface area contributed by atoms with Crippen molar-refractivity contribution < 1.29 is 18.0 Å². The minimum Gasteiger partial charge on any atom is -0.383 e. The number of aromatic nitrogens is 2. The molecule has 4 N–H and O–H groups in total. The molecule has 1 aromatic carbocycles. The monoisotopic (exact) mass is 270 g/mol. The van der Waals surface area contributed by atoms with Crippen molar-refractivity contribution >= 4 is 11.7 Å². The number of carbonyl (C=O) groups excluding carboxylic acids is 1. The van der Waals surface area contributed by atoms with Gasteiger partial charge in [0.2, 0.25) is 0 Å². The molecule has 0 fully saturated rings. The first-order valence-electron chi connectivity index (χ1n) is 5.13. The van der Waals surface area contributed by atoms with Crippen molar-refractivity contribution in [1.29, 1.82) is 0 Å². The zero-order chi connectivity index (χ0) is 14.2. The summed E-state index contributed by atoms with van der Waals surface area (Å²) < 4.78 is 37.7. The molecule has 8 heteroatoms. The number of nitrogens with zero attached hydrogens (tertiary/aromatic N) is 2. The van der Waals surface area contributed by atoms with Crippen molar-refractivity contribution in [3.05, 3.63) is 35.9 Å². The fourth-order valence-corrected chi connectivity index (χ4v) is 1.67. The Hall–Kier alpha value is -2.51. The maximum Gasteiger partial charge on any atom is 0.506 e. The highest BCUT2D eigenvalue weighted by Crippen LogP contribution is 2.32. The molecule has 0 spiro atoms. The maximum absolute atomic E-state index is 12.7. The van der Waals surface area contributed by atoms with Gasteiger partial charge in [0.05, 0.1) is 0 Å². The second-order valence-electron chi connectivity index (χ2n) is 3.72. The quantitative estimate of drug-likeness (QED) is 0.870. The molecule has 1 heterocycles. The second-order valence-corrected chi connectivity index (χ2v) is 3.72. The van der Waals surface area contributed by atoms with Crippen molar-refractivity contribution in [1.82, 2.24) is 9.78 Å². The second kappa shape index (κ2) is 4.30. The van der Waals surface area contributed by atoms with Crippen LogP contribution in [0.1, 0.15) is 10.4 Å². The van der Waals surface area contributed by atoms with Crippen LogP contribution in [0.15, 0.2) is 30.3 Å². The van der Waals surface area contributed by atoms with Crippen LogP contribution < -0.4 is 11.5 Å². The number of rotatable bonds is 2. The third-order valence-corrected chi connectivity index (χ3v) is 2.45. The lowest BCUT2D eigenvalue weighted by Crippen LogP contribution is -2.21. The van der Waals surface area contributed by atoms with Crippen LogP contribution in [0.5, 0.6) is 0 Å². The summed E-state index contributed by atoms with van der Waals surface area (Å²) in [6.45, 7) is 0. The minimum atomic E-state index is -4.82. The van der Waals surface area contributed by atoms with Crippen LogP contribution in [0, 0.1) is 0 Å². The van der Waals surface area contributed by atoms with Crippen LogP contribution in [0.25, 0.3) is 11.3 Å². The van der Waals surface area contributed by atoms with Crippen molar-refractivity contribution in [3.63, 3.8) is 0 Å². The predicted octanol–water partition coefficient (Wildman–Crippen LogP) is 1.71. The standard InChI is InChI=1S/C11H9F3N4O/c12-11(13,14)18-9(15)7(10(16)19)8(17-18)6-4-2-1-3-5-6/h1-5H,15H2,(H2,16,19). The zero-order valence-corrected chi connectivity index (χ0v) is 9.48. The minimum absolute atomic E-state index is 0.192. The molecule has 19 heavy (non-hydrogen) atoms. The Bertz CT molecular complexity index is 619. The molecule has 0 aliphatic rings. The first-order valence-corrected chi connectivity index (χ1v) is 5.13. The summed E-state index contributed by atoms with van der Waals surface area (Å²) >= 11 is 0. The number of nitrogens with two attached hydrogens (primary N) is 2. The van der Waals surface area contributed by atoms with Gasteiger partial charge < -0.3 is 11.5 Å². The van der Waals surface area contributed by atoms with Crippen LogP contribution in [-0.2, 0) is 6.30 Å². The van der Waals surface area contributed by atoms with Gasteiger partial charge in [0.15, 0.2) is 0 Å². The summed E-state index contributed by atoms with van der Waals surface area (Å²) in [4.78, 5) is 11.3. The average Bonchev–Trinajstić information content (AvgIpc) is 2.68. The molecule has 2 rings (SSSR count). The number of primary amides is 1. The summed E-state index contributed by atoms with van der Waals surface area (Å²) in [7, 11) is 0. The molecule has 0 aliphatic carbocycles. The molecule has 0 saturated heterocycles. The van der Waals surface area contributed by atoms with E-state index in [-0.39, 0.29) is 10.4 Å². The molecule has 1 amide bonds. The van der Waals surface area contributed by atoms with Crippen molar-refractivity contribution in [3.8, 4) is 11.3 Å². The normalized spacial score (nSPS) is 11.5. The fraction of sp³-hybridized carbons (Fsp3) is 0.0909. The van der Waals surface area contributed by atoms with E-state index in [4.69, 9.17) is 11.5 Å². The van der Waals surface area contributed by atoms with E-state index in [1.165, 1.54) is 12.1 Å². The summed E-state index contributed by atoms with van der Waals surface area (Å²) in [5.74, 6) is -1.88. The summed E-state index contributed by atoms with van der Waals surface area (Å²) in [6.07, 6.45) is -4.82. The average molecular weight is 270 g/mol. The highest BCUT2D eigenvalue weighted by Gasteiger charge is 2.37. The number of hydrogen-bond acceptors (Lipinski definition) is 3. The Morgan fingerprint density at radius 2 is 1.79 bits per heavy atom. The van der Waals surface area contributed by atoms with Crippen molar-refractivity contribution in [2.45, 2.75) is 6.30 Å². The number of anilines is 1. The Morgan fingerprint density at radius 3 is 2.26 bits per heavy atom. The van der Waals surface area contributed by atoms with E-state index in [0.29, 0.717) is 5.56 Å². The van der Waals surface area contributed by atoms with Crippen LogP contribution >= 0.6 is 0 Å². The van der Waals surface area contributed by atoms with Gasteiger partial charge >= 0.3 is 6.30 Å². The number of nitrogen functional groups attached to an aromatic ring is 1. The molecule has 0 radical (unpaired) electrons. The molecule has 5 nitrogen and oxygen atoms in total. The molecule has 0 atom stereocenters. The van der Waals surface area contributed by atoms with Crippen molar-refractivity contribution in [2.24, 2.45) is 5.73 Å². The molecule has 0 saturated carbocycles. The van der Waals surface area contributed by atoms with Gasteiger partial charge in [-0.3, -0.25) is 4.79 Å². The Labute approximate surface area is 105 Å².